The first-order valence-corrected chi connectivity index (χ1v) is 5.16. The molecule has 16 heavy (non-hydrogen) atoms. The van der Waals surface area contributed by atoms with Crippen LogP contribution in [0.5, 0.6) is 0 Å². The number of carboxylic acid groups (broad SMARTS) is 1. The maximum Gasteiger partial charge on any atom is 0.337 e. The Balaban J connectivity index is 2.78. The van der Waals surface area contributed by atoms with Crippen molar-refractivity contribution in [3.8, 4) is 0 Å². The van der Waals surface area contributed by atoms with Crippen LogP contribution in [-0.2, 0) is 0 Å². The molecule has 0 aliphatic rings. The molecule has 0 aromatic heterocycles. The second-order valence-corrected chi connectivity index (χ2v) is 5.02. The van der Waals surface area contributed by atoms with Gasteiger partial charge in [0.2, 0.25) is 0 Å². The summed E-state index contributed by atoms with van der Waals surface area (Å²) in [6.45, 7) is 7.16. The Hall–Kier alpha value is -1.71. The van der Waals surface area contributed by atoms with Gasteiger partial charge in [-0.25, -0.2) is 4.79 Å². The molecular formula is C12H18N2O2. The average molecular weight is 222 g/mol. The molecule has 0 heterocycles. The van der Waals surface area contributed by atoms with Crippen molar-refractivity contribution in [1.82, 2.24) is 0 Å². The quantitative estimate of drug-likeness (QED) is 0.686. The number of carboxylic acids is 1. The molecular weight excluding hydrogens is 204 g/mol. The molecule has 0 aliphatic carbocycles. The van der Waals surface area contributed by atoms with E-state index in [1.54, 1.807) is 12.1 Å². The summed E-state index contributed by atoms with van der Waals surface area (Å²) in [6, 6.07) is 4.89. The molecule has 0 radical (unpaired) electrons. The summed E-state index contributed by atoms with van der Waals surface area (Å²) >= 11 is 0. The van der Waals surface area contributed by atoms with Gasteiger partial charge in [0.05, 0.1) is 5.56 Å². The number of nitrogens with two attached hydrogens (primary N) is 1. The zero-order valence-electron chi connectivity index (χ0n) is 9.87. The zero-order valence-corrected chi connectivity index (χ0v) is 9.87. The minimum atomic E-state index is -1.00. The van der Waals surface area contributed by atoms with Gasteiger partial charge < -0.3 is 16.2 Å². The highest BCUT2D eigenvalue weighted by molar-refractivity contribution is 5.94. The molecule has 0 fully saturated rings. The van der Waals surface area contributed by atoms with Crippen LogP contribution in [0.1, 0.15) is 31.1 Å². The molecule has 0 bridgehead atoms. The van der Waals surface area contributed by atoms with Crippen LogP contribution in [0.15, 0.2) is 18.2 Å². The molecule has 4 N–H and O–H groups in total. The van der Waals surface area contributed by atoms with E-state index >= 15 is 0 Å². The van der Waals surface area contributed by atoms with Crippen LogP contribution in [0, 0.1) is 5.41 Å². The first-order chi connectivity index (χ1) is 7.29. The van der Waals surface area contributed by atoms with Gasteiger partial charge in [-0.2, -0.15) is 0 Å². The lowest BCUT2D eigenvalue weighted by atomic mass is 9.97. The minimum absolute atomic E-state index is 0.140. The highest BCUT2D eigenvalue weighted by Crippen LogP contribution is 2.20. The van der Waals surface area contributed by atoms with Crippen molar-refractivity contribution in [2.45, 2.75) is 20.8 Å². The summed E-state index contributed by atoms with van der Waals surface area (Å²) in [5.74, 6) is -1.00. The van der Waals surface area contributed by atoms with E-state index in [1.807, 2.05) is 0 Å². The van der Waals surface area contributed by atoms with Crippen LogP contribution in [0.3, 0.4) is 0 Å². The van der Waals surface area contributed by atoms with Crippen molar-refractivity contribution in [1.29, 1.82) is 0 Å². The van der Waals surface area contributed by atoms with E-state index in [2.05, 4.69) is 26.1 Å². The molecule has 1 rings (SSSR count). The Morgan fingerprint density at radius 1 is 1.44 bits per heavy atom. The lowest BCUT2D eigenvalue weighted by Gasteiger charge is -2.19. The van der Waals surface area contributed by atoms with Crippen molar-refractivity contribution < 1.29 is 9.90 Å². The van der Waals surface area contributed by atoms with E-state index in [0.29, 0.717) is 0 Å². The average Bonchev–Trinajstić information content (AvgIpc) is 2.13. The van der Waals surface area contributed by atoms with Gasteiger partial charge >= 0.3 is 5.97 Å². The Kier molecular flexibility index (Phi) is 3.42. The fourth-order valence-corrected chi connectivity index (χ4v) is 1.23. The standard InChI is InChI=1S/C12H18N2O2/c1-12(2,3)7-14-8-4-5-9(11(15)16)10(13)6-8/h4-6,14H,7,13H2,1-3H3,(H,15,16). The van der Waals surface area contributed by atoms with Crippen molar-refractivity contribution in [3.05, 3.63) is 23.8 Å². The third-order valence-corrected chi connectivity index (χ3v) is 2.10. The second-order valence-electron chi connectivity index (χ2n) is 5.02. The number of aromatic carboxylic acids is 1. The molecule has 0 unspecified atom stereocenters. The summed E-state index contributed by atoms with van der Waals surface area (Å²) in [5, 5.41) is 12.0. The Bertz CT molecular complexity index is 394. The number of nitrogen functional groups attached to an aromatic ring is 1. The highest BCUT2D eigenvalue weighted by Gasteiger charge is 2.11. The van der Waals surface area contributed by atoms with Crippen LogP contribution < -0.4 is 11.1 Å². The lowest BCUT2D eigenvalue weighted by molar-refractivity contribution is 0.0698. The van der Waals surface area contributed by atoms with Crippen LogP contribution in [0.4, 0.5) is 11.4 Å². The van der Waals surface area contributed by atoms with Gasteiger partial charge in [0, 0.05) is 17.9 Å². The summed E-state index contributed by atoms with van der Waals surface area (Å²) in [6.07, 6.45) is 0. The molecule has 0 saturated carbocycles. The monoisotopic (exact) mass is 222 g/mol. The third-order valence-electron chi connectivity index (χ3n) is 2.10. The Morgan fingerprint density at radius 3 is 2.50 bits per heavy atom. The lowest BCUT2D eigenvalue weighted by Crippen LogP contribution is -2.19. The summed E-state index contributed by atoms with van der Waals surface area (Å²) in [4.78, 5) is 10.7. The van der Waals surface area contributed by atoms with Gasteiger partial charge in [-0.15, -0.1) is 0 Å². The van der Waals surface area contributed by atoms with Gasteiger partial charge in [-0.1, -0.05) is 20.8 Å². The number of anilines is 2. The van der Waals surface area contributed by atoms with E-state index in [0.717, 1.165) is 12.2 Å². The minimum Gasteiger partial charge on any atom is -0.478 e. The number of nitrogens with one attached hydrogen (secondary N) is 1. The van der Waals surface area contributed by atoms with Crippen molar-refractivity contribution in [2.24, 2.45) is 5.41 Å². The van der Waals surface area contributed by atoms with E-state index in [9.17, 15) is 4.79 Å². The molecule has 0 aliphatic heterocycles. The first-order valence-electron chi connectivity index (χ1n) is 5.16. The number of hydrogen-bond acceptors (Lipinski definition) is 3. The van der Waals surface area contributed by atoms with Crippen LogP contribution in [-0.4, -0.2) is 17.6 Å². The van der Waals surface area contributed by atoms with E-state index in [1.165, 1.54) is 6.07 Å². The van der Waals surface area contributed by atoms with Gasteiger partial charge in [-0.05, 0) is 23.6 Å². The molecule has 0 atom stereocenters. The van der Waals surface area contributed by atoms with E-state index < -0.39 is 5.97 Å². The molecule has 4 heteroatoms. The number of benzene rings is 1. The fraction of sp³-hybridized carbons (Fsp3) is 0.417. The Morgan fingerprint density at radius 2 is 2.06 bits per heavy atom. The highest BCUT2D eigenvalue weighted by atomic mass is 16.4. The number of rotatable bonds is 3. The molecule has 1 aromatic carbocycles. The second kappa shape index (κ2) is 4.43. The fourth-order valence-electron chi connectivity index (χ4n) is 1.23. The predicted octanol–water partition coefficient (Wildman–Crippen LogP) is 2.42. The van der Waals surface area contributed by atoms with Gasteiger partial charge in [0.25, 0.3) is 0 Å². The summed E-state index contributed by atoms with van der Waals surface area (Å²) in [5.41, 5.74) is 7.08. The maximum atomic E-state index is 10.7. The van der Waals surface area contributed by atoms with E-state index in [4.69, 9.17) is 10.8 Å². The third kappa shape index (κ3) is 3.46. The molecule has 88 valence electrons. The molecule has 1 aromatic rings. The van der Waals surface area contributed by atoms with Gasteiger partial charge in [0.1, 0.15) is 0 Å². The van der Waals surface area contributed by atoms with Crippen molar-refractivity contribution in [2.75, 3.05) is 17.6 Å². The smallest absolute Gasteiger partial charge is 0.337 e. The largest absolute Gasteiger partial charge is 0.478 e. The SMILES string of the molecule is CC(C)(C)CNc1ccc(C(=O)O)c(N)c1. The van der Waals surface area contributed by atoms with Crippen LogP contribution in [0.25, 0.3) is 0 Å². The van der Waals surface area contributed by atoms with Crippen molar-refractivity contribution in [3.63, 3.8) is 0 Å². The van der Waals surface area contributed by atoms with Gasteiger partial charge in [0.15, 0.2) is 0 Å². The molecule has 4 nitrogen and oxygen atoms in total. The zero-order chi connectivity index (χ0) is 12.3. The molecule has 0 saturated heterocycles. The normalized spacial score (nSPS) is 11.2. The van der Waals surface area contributed by atoms with Crippen LogP contribution >= 0.6 is 0 Å². The van der Waals surface area contributed by atoms with Crippen LogP contribution in [0.2, 0.25) is 0 Å². The molecule has 0 spiro atoms. The topological polar surface area (TPSA) is 75.3 Å². The van der Waals surface area contributed by atoms with Crippen molar-refractivity contribution >= 4 is 17.3 Å². The molecule has 0 amide bonds. The summed E-state index contributed by atoms with van der Waals surface area (Å²) < 4.78 is 0. The summed E-state index contributed by atoms with van der Waals surface area (Å²) in [7, 11) is 0. The maximum absolute atomic E-state index is 10.7. The van der Waals surface area contributed by atoms with Gasteiger partial charge in [-0.3, -0.25) is 0 Å². The number of hydrogen-bond donors (Lipinski definition) is 3. The first kappa shape index (κ1) is 12.4. The Labute approximate surface area is 95.5 Å². The predicted molar refractivity (Wildman–Crippen MR) is 65.8 cm³/mol. The number of carbonyl (C=O) groups is 1. The van der Waals surface area contributed by atoms with E-state index in [-0.39, 0.29) is 16.7 Å².